The predicted molar refractivity (Wildman–Crippen MR) is 163 cm³/mol. The maximum absolute atomic E-state index is 11.8. The summed E-state index contributed by atoms with van der Waals surface area (Å²) in [6.07, 6.45) is 5.34. The minimum Gasteiger partial charge on any atom is -0.489 e. The standard InChI is InChI=1S/C32H39N7O3/c1-32(36-31(40)41,38-13-11-37(2)12-14-38)18-23-15-25(16-23)39-19-27(28-29(33)34-21-35-30(28)39)24-9-6-10-26(17-24)42-20-22-7-4-3-5-8-22/h3-10,17,19,21,23,25,36H,11-16,18,20H2,1-2H3,(H,40,41)(H2,33,34,35). The molecule has 1 atom stereocenters. The Morgan fingerprint density at radius 3 is 2.60 bits per heavy atom. The fourth-order valence-corrected chi connectivity index (χ4v) is 6.55. The van der Waals surface area contributed by atoms with Crippen LogP contribution in [0.4, 0.5) is 10.6 Å². The van der Waals surface area contributed by atoms with Crippen molar-refractivity contribution in [1.82, 2.24) is 29.7 Å². The van der Waals surface area contributed by atoms with E-state index in [1.807, 2.05) is 55.5 Å². The second-order valence-electron chi connectivity index (χ2n) is 11.9. The number of hydrogen-bond donors (Lipinski definition) is 3. The zero-order valence-corrected chi connectivity index (χ0v) is 24.2. The molecule has 0 radical (unpaired) electrons. The molecule has 2 aliphatic rings. The van der Waals surface area contributed by atoms with Gasteiger partial charge < -0.3 is 30.4 Å². The Morgan fingerprint density at radius 2 is 1.86 bits per heavy atom. The number of nitrogen functional groups attached to an aromatic ring is 1. The number of benzene rings is 2. The lowest BCUT2D eigenvalue weighted by molar-refractivity contribution is -0.00199. The van der Waals surface area contributed by atoms with Gasteiger partial charge in [0.1, 0.15) is 30.1 Å². The molecule has 1 amide bonds. The molecule has 2 aromatic carbocycles. The molecule has 1 aliphatic carbocycles. The van der Waals surface area contributed by atoms with Crippen molar-refractivity contribution in [2.75, 3.05) is 39.0 Å². The summed E-state index contributed by atoms with van der Waals surface area (Å²) < 4.78 is 8.33. The fraction of sp³-hybridized carbons (Fsp3) is 0.406. The number of nitrogens with two attached hydrogens (primary N) is 1. The van der Waals surface area contributed by atoms with Gasteiger partial charge in [-0.05, 0) is 62.4 Å². The Bertz CT molecular complexity index is 1540. The number of carboxylic acid groups (broad SMARTS) is 1. The molecular formula is C32H39N7O3. The van der Waals surface area contributed by atoms with Gasteiger partial charge >= 0.3 is 6.09 Å². The summed E-state index contributed by atoms with van der Waals surface area (Å²) in [6, 6.07) is 18.4. The first-order chi connectivity index (χ1) is 20.3. The fourth-order valence-electron chi connectivity index (χ4n) is 6.55. The van der Waals surface area contributed by atoms with Crippen molar-refractivity contribution in [2.45, 2.75) is 44.5 Å². The number of amides is 1. The van der Waals surface area contributed by atoms with Gasteiger partial charge in [0, 0.05) is 44.0 Å². The Balaban J connectivity index is 1.21. The highest BCUT2D eigenvalue weighted by atomic mass is 16.5. The average Bonchev–Trinajstić information content (AvgIpc) is 3.35. The van der Waals surface area contributed by atoms with Crippen molar-refractivity contribution >= 4 is 22.9 Å². The van der Waals surface area contributed by atoms with Gasteiger partial charge in [0.15, 0.2) is 0 Å². The topological polar surface area (TPSA) is 122 Å². The van der Waals surface area contributed by atoms with E-state index in [1.165, 1.54) is 6.33 Å². The molecule has 0 spiro atoms. The third kappa shape index (κ3) is 5.77. The van der Waals surface area contributed by atoms with Gasteiger partial charge in [-0.3, -0.25) is 4.90 Å². The number of nitrogens with zero attached hydrogens (tertiary/aromatic N) is 5. The summed E-state index contributed by atoms with van der Waals surface area (Å²) >= 11 is 0. The molecule has 6 rings (SSSR count). The van der Waals surface area contributed by atoms with E-state index in [-0.39, 0.29) is 6.04 Å². The molecule has 220 valence electrons. The van der Waals surface area contributed by atoms with Crippen LogP contribution < -0.4 is 15.8 Å². The molecule has 0 bridgehead atoms. The summed E-state index contributed by atoms with van der Waals surface area (Å²) in [5, 5.41) is 13.3. The summed E-state index contributed by atoms with van der Waals surface area (Å²) in [7, 11) is 2.11. The number of rotatable bonds is 9. The molecule has 42 heavy (non-hydrogen) atoms. The van der Waals surface area contributed by atoms with Crippen LogP contribution >= 0.6 is 0 Å². The van der Waals surface area contributed by atoms with E-state index in [1.54, 1.807) is 0 Å². The summed E-state index contributed by atoms with van der Waals surface area (Å²) in [5.74, 6) is 1.63. The number of likely N-dealkylation sites (N-methyl/N-ethyl adjacent to an activating group) is 1. The van der Waals surface area contributed by atoms with E-state index >= 15 is 0 Å². The van der Waals surface area contributed by atoms with Crippen LogP contribution in [0, 0.1) is 5.92 Å². The van der Waals surface area contributed by atoms with E-state index in [0.29, 0.717) is 18.3 Å². The predicted octanol–water partition coefficient (Wildman–Crippen LogP) is 4.83. The first-order valence-corrected chi connectivity index (χ1v) is 14.6. The number of anilines is 1. The van der Waals surface area contributed by atoms with Crippen LogP contribution in [0.2, 0.25) is 0 Å². The van der Waals surface area contributed by atoms with Crippen LogP contribution in [0.5, 0.6) is 5.75 Å². The van der Waals surface area contributed by atoms with Crippen LogP contribution in [0.15, 0.2) is 67.1 Å². The van der Waals surface area contributed by atoms with E-state index in [4.69, 9.17) is 10.5 Å². The molecule has 1 saturated heterocycles. The maximum atomic E-state index is 11.8. The Hall–Kier alpha value is -4.15. The molecule has 10 nitrogen and oxygen atoms in total. The highest BCUT2D eigenvalue weighted by Gasteiger charge is 2.42. The van der Waals surface area contributed by atoms with Gasteiger partial charge in [-0.25, -0.2) is 14.8 Å². The largest absolute Gasteiger partial charge is 0.489 e. The Labute approximate surface area is 246 Å². The molecule has 4 N–H and O–H groups in total. The van der Waals surface area contributed by atoms with Crippen LogP contribution in [-0.2, 0) is 6.61 Å². The Kier molecular flexibility index (Phi) is 7.74. The second kappa shape index (κ2) is 11.6. The number of ether oxygens (including phenoxy) is 1. The molecule has 1 aliphatic heterocycles. The van der Waals surface area contributed by atoms with Crippen LogP contribution in [0.3, 0.4) is 0 Å². The number of hydrogen-bond acceptors (Lipinski definition) is 7. The Morgan fingerprint density at radius 1 is 1.10 bits per heavy atom. The van der Waals surface area contributed by atoms with Gasteiger partial charge in [0.2, 0.25) is 0 Å². The lowest BCUT2D eigenvalue weighted by Gasteiger charge is -2.49. The minimum absolute atomic E-state index is 0.250. The van der Waals surface area contributed by atoms with Gasteiger partial charge in [0.25, 0.3) is 0 Å². The van der Waals surface area contributed by atoms with Crippen molar-refractivity contribution in [3.8, 4) is 16.9 Å². The minimum atomic E-state index is -0.976. The third-order valence-corrected chi connectivity index (χ3v) is 8.90. The summed E-state index contributed by atoms with van der Waals surface area (Å²) in [5.41, 5.74) is 9.73. The lowest BCUT2D eigenvalue weighted by Crippen LogP contribution is -2.63. The molecule has 3 heterocycles. The summed E-state index contributed by atoms with van der Waals surface area (Å²) in [6.45, 7) is 6.08. The molecule has 1 saturated carbocycles. The van der Waals surface area contributed by atoms with E-state index in [2.05, 4.69) is 49.0 Å². The van der Waals surface area contributed by atoms with Crippen molar-refractivity contribution in [1.29, 1.82) is 0 Å². The first kappa shape index (κ1) is 28.0. The van der Waals surface area contributed by atoms with Gasteiger partial charge in [-0.2, -0.15) is 0 Å². The molecule has 10 heteroatoms. The number of fused-ring (bicyclic) bond motifs is 1. The normalized spacial score (nSPS) is 21.0. The second-order valence-corrected chi connectivity index (χ2v) is 11.9. The monoisotopic (exact) mass is 569 g/mol. The van der Waals surface area contributed by atoms with Crippen LogP contribution in [-0.4, -0.2) is 74.4 Å². The van der Waals surface area contributed by atoms with Crippen molar-refractivity contribution in [3.05, 3.63) is 72.7 Å². The molecule has 4 aromatic rings. The van der Waals surface area contributed by atoms with Crippen LogP contribution in [0.25, 0.3) is 22.2 Å². The smallest absolute Gasteiger partial charge is 0.406 e. The van der Waals surface area contributed by atoms with E-state index in [9.17, 15) is 9.90 Å². The number of nitrogens with one attached hydrogen (secondary N) is 1. The number of aromatic nitrogens is 3. The van der Waals surface area contributed by atoms with Crippen molar-refractivity contribution in [2.24, 2.45) is 5.92 Å². The SMILES string of the molecule is CN1CCN(C(C)(CC2CC(n3cc(-c4cccc(OCc5ccccc5)c4)c4c(N)ncnc43)C2)NC(=O)O)CC1. The highest BCUT2D eigenvalue weighted by molar-refractivity contribution is 6.00. The van der Waals surface area contributed by atoms with Crippen molar-refractivity contribution < 1.29 is 14.6 Å². The van der Waals surface area contributed by atoms with Gasteiger partial charge in [-0.15, -0.1) is 0 Å². The van der Waals surface area contributed by atoms with Crippen molar-refractivity contribution in [3.63, 3.8) is 0 Å². The first-order valence-electron chi connectivity index (χ1n) is 14.6. The lowest BCUT2D eigenvalue weighted by atomic mass is 9.74. The molecule has 1 unspecified atom stereocenters. The maximum Gasteiger partial charge on any atom is 0.406 e. The molecular weight excluding hydrogens is 530 g/mol. The molecule has 2 fully saturated rings. The zero-order chi connectivity index (χ0) is 29.3. The highest BCUT2D eigenvalue weighted by Crippen LogP contribution is 2.46. The number of piperazine rings is 1. The third-order valence-electron chi connectivity index (χ3n) is 8.90. The quantitative estimate of drug-likeness (QED) is 0.262. The zero-order valence-electron chi connectivity index (χ0n) is 24.2. The molecule has 2 aromatic heterocycles. The van der Waals surface area contributed by atoms with Crippen LogP contribution in [0.1, 0.15) is 37.8 Å². The number of carbonyl (C=O) groups is 1. The van der Waals surface area contributed by atoms with E-state index in [0.717, 1.165) is 78.9 Å². The van der Waals surface area contributed by atoms with Gasteiger partial charge in [-0.1, -0.05) is 42.5 Å². The van der Waals surface area contributed by atoms with Gasteiger partial charge in [0.05, 0.1) is 11.0 Å². The van der Waals surface area contributed by atoms with E-state index < -0.39 is 11.8 Å². The average molecular weight is 570 g/mol. The summed E-state index contributed by atoms with van der Waals surface area (Å²) in [4.78, 5) is 25.3.